The maximum atomic E-state index is 13.1. The van der Waals surface area contributed by atoms with Gasteiger partial charge in [-0.15, -0.1) is 0 Å². The number of carbonyl (C=O) groups excluding carboxylic acids is 1. The Morgan fingerprint density at radius 2 is 1.57 bits per heavy atom. The summed E-state index contributed by atoms with van der Waals surface area (Å²) in [5, 5.41) is 3.02. The third kappa shape index (κ3) is 4.93. The fourth-order valence-corrected chi connectivity index (χ4v) is 5.60. The number of rotatable bonds is 5. The van der Waals surface area contributed by atoms with Gasteiger partial charge in [0.1, 0.15) is 0 Å². The average molecular weight is 429 g/mol. The predicted molar refractivity (Wildman–Crippen MR) is 120 cm³/mol. The van der Waals surface area contributed by atoms with Crippen molar-refractivity contribution in [2.75, 3.05) is 13.1 Å². The topological polar surface area (TPSA) is 66.5 Å². The smallest absolute Gasteiger partial charge is 0.251 e. The molecule has 1 amide bonds. The molecule has 1 atom stereocenters. The van der Waals surface area contributed by atoms with E-state index in [0.29, 0.717) is 18.7 Å². The normalized spacial score (nSPS) is 16.7. The molecule has 1 heterocycles. The number of hydrogen-bond donors (Lipinski definition) is 1. The molecule has 2 aromatic carbocycles. The van der Waals surface area contributed by atoms with E-state index in [1.807, 2.05) is 13.8 Å². The Balaban J connectivity index is 1.80. The van der Waals surface area contributed by atoms with Crippen LogP contribution in [0.25, 0.3) is 0 Å². The molecule has 0 spiro atoms. The van der Waals surface area contributed by atoms with Crippen molar-refractivity contribution in [3.05, 3.63) is 64.2 Å². The molecule has 162 valence electrons. The second-order valence-corrected chi connectivity index (χ2v) is 10.3. The molecule has 1 aliphatic rings. The van der Waals surface area contributed by atoms with Crippen molar-refractivity contribution in [1.82, 2.24) is 9.62 Å². The molecule has 0 aliphatic carbocycles. The molecule has 1 saturated heterocycles. The van der Waals surface area contributed by atoms with E-state index in [2.05, 4.69) is 31.3 Å². The third-order valence-electron chi connectivity index (χ3n) is 6.00. The molecule has 0 bridgehead atoms. The summed E-state index contributed by atoms with van der Waals surface area (Å²) < 4.78 is 27.7. The van der Waals surface area contributed by atoms with Crippen molar-refractivity contribution in [2.24, 2.45) is 0 Å². The maximum absolute atomic E-state index is 13.1. The fourth-order valence-electron chi connectivity index (χ4n) is 4.04. The lowest BCUT2D eigenvalue weighted by Gasteiger charge is -2.21. The van der Waals surface area contributed by atoms with E-state index in [0.717, 1.165) is 36.8 Å². The summed E-state index contributed by atoms with van der Waals surface area (Å²) in [5.41, 5.74) is 4.96. The molecule has 0 saturated carbocycles. The number of nitrogens with zero attached hydrogens (tertiary/aromatic N) is 1. The molecule has 0 radical (unpaired) electrons. The summed E-state index contributed by atoms with van der Waals surface area (Å²) in [6, 6.07) is 10.4. The van der Waals surface area contributed by atoms with Crippen molar-refractivity contribution >= 4 is 15.9 Å². The molecule has 30 heavy (non-hydrogen) atoms. The lowest BCUT2D eigenvalue weighted by atomic mass is 9.96. The van der Waals surface area contributed by atoms with Crippen molar-refractivity contribution in [1.29, 1.82) is 0 Å². The highest BCUT2D eigenvalue weighted by Crippen LogP contribution is 2.24. The van der Waals surface area contributed by atoms with Crippen molar-refractivity contribution in [3.8, 4) is 0 Å². The van der Waals surface area contributed by atoms with Gasteiger partial charge in [0.25, 0.3) is 5.91 Å². The van der Waals surface area contributed by atoms with Crippen LogP contribution in [0.2, 0.25) is 0 Å². The summed E-state index contributed by atoms with van der Waals surface area (Å²) in [7, 11) is -3.59. The Labute approximate surface area is 180 Å². The summed E-state index contributed by atoms with van der Waals surface area (Å²) in [5.74, 6) is -0.270. The van der Waals surface area contributed by atoms with Crippen LogP contribution in [0, 0.1) is 20.8 Å². The quantitative estimate of drug-likeness (QED) is 0.753. The Bertz CT molecular complexity index is 1020. The standard InChI is InChI=1S/C24H32N2O3S/c1-17-14-19(3)23(15-18(17)2)20(4)25-24(27)21-10-9-11-22(16-21)30(28,29)26-12-7-5-6-8-13-26/h9-11,14-16,20H,5-8,12-13H2,1-4H3,(H,25,27)/t20-/m0/s1. The Hall–Kier alpha value is -2.18. The molecule has 6 heteroatoms. The van der Waals surface area contributed by atoms with Crippen LogP contribution in [0.4, 0.5) is 0 Å². The number of carbonyl (C=O) groups is 1. The number of amides is 1. The van der Waals surface area contributed by atoms with Crippen molar-refractivity contribution < 1.29 is 13.2 Å². The van der Waals surface area contributed by atoms with Crippen LogP contribution < -0.4 is 5.32 Å². The van der Waals surface area contributed by atoms with Crippen LogP contribution in [-0.4, -0.2) is 31.7 Å². The van der Waals surface area contributed by atoms with E-state index in [1.54, 1.807) is 22.5 Å². The number of aryl methyl sites for hydroxylation is 3. The highest BCUT2D eigenvalue weighted by atomic mass is 32.2. The van der Waals surface area contributed by atoms with Gasteiger partial charge in [-0.3, -0.25) is 4.79 Å². The van der Waals surface area contributed by atoms with Crippen LogP contribution in [-0.2, 0) is 10.0 Å². The fraction of sp³-hybridized carbons (Fsp3) is 0.458. The van der Waals surface area contributed by atoms with Crippen LogP contribution in [0.3, 0.4) is 0 Å². The van der Waals surface area contributed by atoms with Gasteiger partial charge in [0, 0.05) is 18.7 Å². The number of nitrogens with one attached hydrogen (secondary N) is 1. The van der Waals surface area contributed by atoms with E-state index in [9.17, 15) is 13.2 Å². The average Bonchev–Trinajstić information content (AvgIpc) is 3.01. The highest BCUT2D eigenvalue weighted by Gasteiger charge is 2.26. The first-order valence-electron chi connectivity index (χ1n) is 10.7. The van der Waals surface area contributed by atoms with Crippen molar-refractivity contribution in [3.63, 3.8) is 0 Å². The van der Waals surface area contributed by atoms with Crippen LogP contribution in [0.5, 0.6) is 0 Å². The molecule has 2 aromatic rings. The minimum absolute atomic E-state index is 0.178. The van der Waals surface area contributed by atoms with Gasteiger partial charge < -0.3 is 5.32 Å². The molecule has 1 fully saturated rings. The van der Waals surface area contributed by atoms with E-state index in [4.69, 9.17) is 0 Å². The second-order valence-electron chi connectivity index (χ2n) is 8.33. The van der Waals surface area contributed by atoms with E-state index >= 15 is 0 Å². The summed E-state index contributed by atoms with van der Waals surface area (Å²) in [4.78, 5) is 13.1. The zero-order valence-corrected chi connectivity index (χ0v) is 19.2. The summed E-state index contributed by atoms with van der Waals surface area (Å²) >= 11 is 0. The van der Waals surface area contributed by atoms with Gasteiger partial charge in [-0.1, -0.05) is 31.0 Å². The molecule has 3 rings (SSSR count). The number of hydrogen-bond acceptors (Lipinski definition) is 3. The SMILES string of the molecule is Cc1cc(C)c([C@H](C)NC(=O)c2cccc(S(=O)(=O)N3CCCCCC3)c2)cc1C. The van der Waals surface area contributed by atoms with Crippen LogP contribution >= 0.6 is 0 Å². The minimum Gasteiger partial charge on any atom is -0.346 e. The van der Waals surface area contributed by atoms with Gasteiger partial charge in [-0.2, -0.15) is 4.31 Å². The second kappa shape index (κ2) is 9.31. The highest BCUT2D eigenvalue weighted by molar-refractivity contribution is 7.89. The molecule has 1 aliphatic heterocycles. The lowest BCUT2D eigenvalue weighted by molar-refractivity contribution is 0.0939. The summed E-state index contributed by atoms with van der Waals surface area (Å²) in [6.07, 6.45) is 3.88. The van der Waals surface area contributed by atoms with Gasteiger partial charge in [0.2, 0.25) is 10.0 Å². The molecule has 1 N–H and O–H groups in total. The van der Waals surface area contributed by atoms with Gasteiger partial charge in [-0.05, 0) is 81.0 Å². The van der Waals surface area contributed by atoms with Gasteiger partial charge in [-0.25, -0.2) is 8.42 Å². The first kappa shape index (κ1) is 22.5. The zero-order chi connectivity index (χ0) is 21.9. The number of benzene rings is 2. The van der Waals surface area contributed by atoms with E-state index in [-0.39, 0.29) is 16.8 Å². The number of sulfonamides is 1. The predicted octanol–water partition coefficient (Wildman–Crippen LogP) is 4.67. The molecule has 0 unspecified atom stereocenters. The minimum atomic E-state index is -3.59. The van der Waals surface area contributed by atoms with Crippen LogP contribution in [0.1, 0.15) is 71.3 Å². The largest absolute Gasteiger partial charge is 0.346 e. The van der Waals surface area contributed by atoms with Crippen LogP contribution in [0.15, 0.2) is 41.3 Å². The van der Waals surface area contributed by atoms with E-state index in [1.165, 1.54) is 17.2 Å². The van der Waals surface area contributed by atoms with Gasteiger partial charge in [0.05, 0.1) is 10.9 Å². The van der Waals surface area contributed by atoms with E-state index < -0.39 is 10.0 Å². The first-order valence-corrected chi connectivity index (χ1v) is 12.1. The molecule has 0 aromatic heterocycles. The maximum Gasteiger partial charge on any atom is 0.251 e. The zero-order valence-electron chi connectivity index (χ0n) is 18.4. The summed E-state index contributed by atoms with van der Waals surface area (Å²) in [6.45, 7) is 9.21. The molecule has 5 nitrogen and oxygen atoms in total. The first-order chi connectivity index (χ1) is 14.2. The Morgan fingerprint density at radius 1 is 0.933 bits per heavy atom. The Morgan fingerprint density at radius 3 is 2.23 bits per heavy atom. The van der Waals surface area contributed by atoms with Crippen molar-refractivity contribution in [2.45, 2.75) is 64.3 Å². The van der Waals surface area contributed by atoms with Gasteiger partial charge >= 0.3 is 0 Å². The molecular formula is C24H32N2O3S. The van der Waals surface area contributed by atoms with Gasteiger partial charge in [0.15, 0.2) is 0 Å². The lowest BCUT2D eigenvalue weighted by Crippen LogP contribution is -2.32. The monoisotopic (exact) mass is 428 g/mol. The molecular weight excluding hydrogens is 396 g/mol. The Kier molecular flexibility index (Phi) is 6.98. The third-order valence-corrected chi connectivity index (χ3v) is 7.89.